The average Bonchev–Trinajstić information content (AvgIpc) is 3.28. The van der Waals surface area contributed by atoms with E-state index in [2.05, 4.69) is 27.1 Å². The normalized spacial score (nSPS) is 18.5. The van der Waals surface area contributed by atoms with E-state index in [4.69, 9.17) is 9.15 Å². The van der Waals surface area contributed by atoms with E-state index >= 15 is 0 Å². The third kappa shape index (κ3) is 3.94. The summed E-state index contributed by atoms with van der Waals surface area (Å²) in [5.74, 6) is 1.20. The monoisotopic (exact) mass is 339 g/mol. The molecule has 1 aromatic carbocycles. The maximum Gasteiger partial charge on any atom is 0.247 e. The molecule has 7 heteroatoms. The number of benzene rings is 1. The summed E-state index contributed by atoms with van der Waals surface area (Å²) < 4.78 is 13.6. The summed E-state index contributed by atoms with van der Waals surface area (Å²) in [6.45, 7) is 5.83. The van der Waals surface area contributed by atoms with E-state index in [-0.39, 0.29) is 6.10 Å². The molecule has 1 aliphatic heterocycles. The summed E-state index contributed by atoms with van der Waals surface area (Å²) in [6, 6.07) is 10.0. The van der Waals surface area contributed by atoms with Gasteiger partial charge >= 0.3 is 0 Å². The van der Waals surface area contributed by atoms with Crippen LogP contribution in [0.4, 0.5) is 0 Å². The van der Waals surface area contributed by atoms with Crippen molar-refractivity contribution >= 4 is 0 Å². The Morgan fingerprint density at radius 2 is 2.08 bits per heavy atom. The second kappa shape index (κ2) is 7.16. The maximum absolute atomic E-state index is 5.84. The van der Waals surface area contributed by atoms with E-state index in [1.165, 1.54) is 5.56 Å². The molecule has 1 aliphatic rings. The summed E-state index contributed by atoms with van der Waals surface area (Å²) in [5, 5.41) is 12.6. The third-order valence-electron chi connectivity index (χ3n) is 4.30. The molecule has 0 radical (unpaired) electrons. The highest BCUT2D eigenvalue weighted by Crippen LogP contribution is 2.19. The summed E-state index contributed by atoms with van der Waals surface area (Å²) in [5.41, 5.74) is 2.16. The molecule has 25 heavy (non-hydrogen) atoms. The molecule has 0 bridgehead atoms. The van der Waals surface area contributed by atoms with Gasteiger partial charge in [0.25, 0.3) is 0 Å². The summed E-state index contributed by atoms with van der Waals surface area (Å²) >= 11 is 0. The Kier molecular flexibility index (Phi) is 4.58. The molecule has 1 fully saturated rings. The van der Waals surface area contributed by atoms with Gasteiger partial charge in [0.05, 0.1) is 25.8 Å². The molecule has 1 saturated heterocycles. The van der Waals surface area contributed by atoms with Crippen LogP contribution in [0.25, 0.3) is 11.5 Å². The number of aryl methyl sites for hydroxylation is 1. The lowest BCUT2D eigenvalue weighted by atomic mass is 10.1. The standard InChI is InChI=1S/C18H21N5O2/c1-14-3-5-15(6-4-14)18-21-20-17(25-18)13-22-9-10-24-16(11-22)12-23-8-2-7-19-23/h2-8,16H,9-13H2,1H3/t16-/m1/s1. The zero-order valence-corrected chi connectivity index (χ0v) is 14.2. The molecule has 0 amide bonds. The molecule has 4 rings (SSSR count). The van der Waals surface area contributed by atoms with Crippen LogP contribution in [-0.4, -0.2) is 50.7 Å². The van der Waals surface area contributed by atoms with Gasteiger partial charge in [-0.1, -0.05) is 17.7 Å². The predicted molar refractivity (Wildman–Crippen MR) is 91.7 cm³/mol. The molecular formula is C18H21N5O2. The van der Waals surface area contributed by atoms with E-state index in [9.17, 15) is 0 Å². The molecule has 130 valence electrons. The van der Waals surface area contributed by atoms with Crippen molar-refractivity contribution in [3.8, 4) is 11.5 Å². The van der Waals surface area contributed by atoms with E-state index in [0.717, 1.165) is 25.2 Å². The van der Waals surface area contributed by atoms with Gasteiger partial charge in [-0.2, -0.15) is 5.10 Å². The van der Waals surface area contributed by atoms with Gasteiger partial charge in [-0.05, 0) is 25.1 Å². The van der Waals surface area contributed by atoms with Crippen LogP contribution in [0.5, 0.6) is 0 Å². The highest BCUT2D eigenvalue weighted by atomic mass is 16.5. The minimum Gasteiger partial charge on any atom is -0.419 e. The van der Waals surface area contributed by atoms with Crippen molar-refractivity contribution in [3.63, 3.8) is 0 Å². The van der Waals surface area contributed by atoms with Gasteiger partial charge in [0.2, 0.25) is 11.8 Å². The van der Waals surface area contributed by atoms with Crippen LogP contribution in [0.3, 0.4) is 0 Å². The van der Waals surface area contributed by atoms with Crippen LogP contribution in [-0.2, 0) is 17.8 Å². The Morgan fingerprint density at radius 3 is 2.88 bits per heavy atom. The molecule has 0 aliphatic carbocycles. The molecule has 0 spiro atoms. The fourth-order valence-corrected chi connectivity index (χ4v) is 2.97. The van der Waals surface area contributed by atoms with Crippen molar-refractivity contribution in [3.05, 3.63) is 54.2 Å². The number of hydrogen-bond acceptors (Lipinski definition) is 6. The van der Waals surface area contributed by atoms with Gasteiger partial charge in [-0.25, -0.2) is 0 Å². The van der Waals surface area contributed by atoms with E-state index in [1.807, 2.05) is 41.2 Å². The molecule has 0 unspecified atom stereocenters. The second-order valence-corrected chi connectivity index (χ2v) is 6.32. The largest absolute Gasteiger partial charge is 0.419 e. The van der Waals surface area contributed by atoms with Gasteiger partial charge in [-0.3, -0.25) is 9.58 Å². The fourth-order valence-electron chi connectivity index (χ4n) is 2.97. The number of nitrogens with zero attached hydrogens (tertiary/aromatic N) is 5. The Bertz CT molecular complexity index is 797. The molecule has 0 saturated carbocycles. The topological polar surface area (TPSA) is 69.2 Å². The third-order valence-corrected chi connectivity index (χ3v) is 4.30. The maximum atomic E-state index is 5.84. The van der Waals surface area contributed by atoms with E-state index in [0.29, 0.717) is 24.9 Å². The first-order valence-corrected chi connectivity index (χ1v) is 8.47. The van der Waals surface area contributed by atoms with Crippen molar-refractivity contribution in [2.75, 3.05) is 19.7 Å². The van der Waals surface area contributed by atoms with Crippen LogP contribution in [0.1, 0.15) is 11.5 Å². The van der Waals surface area contributed by atoms with Crippen LogP contribution >= 0.6 is 0 Å². The number of morpholine rings is 1. The minimum atomic E-state index is 0.119. The number of aromatic nitrogens is 4. The quantitative estimate of drug-likeness (QED) is 0.709. The fraction of sp³-hybridized carbons (Fsp3) is 0.389. The van der Waals surface area contributed by atoms with Crippen molar-refractivity contribution in [1.82, 2.24) is 24.9 Å². The lowest BCUT2D eigenvalue weighted by Gasteiger charge is -2.31. The lowest BCUT2D eigenvalue weighted by Crippen LogP contribution is -2.43. The van der Waals surface area contributed by atoms with Gasteiger partial charge in [0.1, 0.15) is 0 Å². The lowest BCUT2D eigenvalue weighted by molar-refractivity contribution is -0.0422. The molecule has 2 aromatic heterocycles. The first-order chi connectivity index (χ1) is 12.3. The highest BCUT2D eigenvalue weighted by molar-refractivity contribution is 5.52. The van der Waals surface area contributed by atoms with E-state index in [1.54, 1.807) is 6.20 Å². The number of rotatable bonds is 5. The first-order valence-electron chi connectivity index (χ1n) is 8.47. The highest BCUT2D eigenvalue weighted by Gasteiger charge is 2.22. The van der Waals surface area contributed by atoms with Gasteiger partial charge < -0.3 is 9.15 Å². The van der Waals surface area contributed by atoms with Crippen LogP contribution in [0.2, 0.25) is 0 Å². The zero-order valence-electron chi connectivity index (χ0n) is 14.2. The summed E-state index contributed by atoms with van der Waals surface area (Å²) in [6.07, 6.45) is 3.85. The van der Waals surface area contributed by atoms with Gasteiger partial charge in [0.15, 0.2) is 0 Å². The van der Waals surface area contributed by atoms with E-state index < -0.39 is 0 Å². The Morgan fingerprint density at radius 1 is 1.20 bits per heavy atom. The van der Waals surface area contributed by atoms with Crippen molar-refractivity contribution < 1.29 is 9.15 Å². The minimum absolute atomic E-state index is 0.119. The molecule has 0 N–H and O–H groups in total. The molecular weight excluding hydrogens is 318 g/mol. The van der Waals surface area contributed by atoms with Crippen molar-refractivity contribution in [2.24, 2.45) is 0 Å². The average molecular weight is 339 g/mol. The smallest absolute Gasteiger partial charge is 0.247 e. The van der Waals surface area contributed by atoms with Crippen LogP contribution in [0, 0.1) is 6.92 Å². The predicted octanol–water partition coefficient (Wildman–Crippen LogP) is 2.14. The van der Waals surface area contributed by atoms with Gasteiger partial charge in [0, 0.05) is 31.0 Å². The Hall–Kier alpha value is -2.51. The Balaban J connectivity index is 1.37. The second-order valence-electron chi connectivity index (χ2n) is 6.32. The molecule has 7 nitrogen and oxygen atoms in total. The van der Waals surface area contributed by atoms with Gasteiger partial charge in [-0.15, -0.1) is 10.2 Å². The number of ether oxygens (including phenoxy) is 1. The Labute approximate surface area is 146 Å². The number of hydrogen-bond donors (Lipinski definition) is 0. The van der Waals surface area contributed by atoms with Crippen LogP contribution < -0.4 is 0 Å². The molecule has 3 aromatic rings. The SMILES string of the molecule is Cc1ccc(-c2nnc(CN3CCO[C@@H](Cn4cccn4)C3)o2)cc1. The summed E-state index contributed by atoms with van der Waals surface area (Å²) in [7, 11) is 0. The summed E-state index contributed by atoms with van der Waals surface area (Å²) in [4.78, 5) is 2.28. The zero-order chi connectivity index (χ0) is 17.1. The van der Waals surface area contributed by atoms with Crippen molar-refractivity contribution in [1.29, 1.82) is 0 Å². The van der Waals surface area contributed by atoms with Crippen molar-refractivity contribution in [2.45, 2.75) is 26.1 Å². The first kappa shape index (κ1) is 16.0. The molecule has 3 heterocycles. The van der Waals surface area contributed by atoms with Crippen LogP contribution in [0.15, 0.2) is 47.1 Å². The molecule has 1 atom stereocenters.